The summed E-state index contributed by atoms with van der Waals surface area (Å²) in [7, 11) is -1.31. The third kappa shape index (κ3) is 8.76. The minimum atomic E-state index is -0.667. The van der Waals surface area contributed by atoms with E-state index in [4.69, 9.17) is 10.0 Å². The average molecular weight is 354 g/mol. The van der Waals surface area contributed by atoms with Crippen molar-refractivity contribution in [2.75, 3.05) is 10.5 Å². The Balaban J connectivity index is 0.000000263. The molecule has 0 bridgehead atoms. The number of nitrogens with zero attached hydrogens (tertiary/aromatic N) is 2. The molecule has 0 aliphatic rings. The predicted octanol–water partition coefficient (Wildman–Crippen LogP) is 1.23. The molecule has 0 atom stereocenters. The summed E-state index contributed by atoms with van der Waals surface area (Å²) >= 11 is 0. The van der Waals surface area contributed by atoms with Gasteiger partial charge in [-0.05, 0) is 49.6 Å². The summed E-state index contributed by atoms with van der Waals surface area (Å²) < 4.78 is 0. The zero-order chi connectivity index (χ0) is 19.4. The second-order valence-electron chi connectivity index (χ2n) is 5.20. The van der Waals surface area contributed by atoms with E-state index in [0.717, 1.165) is 11.8 Å². The van der Waals surface area contributed by atoms with Crippen LogP contribution in [0.2, 0.25) is 13.6 Å². The molecule has 0 aliphatic heterocycles. The van der Waals surface area contributed by atoms with E-state index >= 15 is 0 Å². The maximum atomic E-state index is 10.3. The number of aldehydes is 2. The van der Waals surface area contributed by atoms with Crippen LogP contribution in [-0.2, 0) is 4.79 Å². The van der Waals surface area contributed by atoms with Crippen molar-refractivity contribution in [3.63, 3.8) is 0 Å². The van der Waals surface area contributed by atoms with Gasteiger partial charge in [0.05, 0.1) is 0 Å². The molecular formula is C16H20B2N4O4. The molecule has 4 N–H and O–H groups in total. The summed E-state index contributed by atoms with van der Waals surface area (Å²) in [5.74, 6) is 1.07. The van der Waals surface area contributed by atoms with E-state index in [-0.39, 0.29) is 0 Å². The molecule has 2 aromatic heterocycles. The van der Waals surface area contributed by atoms with Gasteiger partial charge in [-0.3, -0.25) is 9.59 Å². The van der Waals surface area contributed by atoms with Crippen LogP contribution in [0.1, 0.15) is 15.9 Å². The number of nitrogens with one attached hydrogen (secondary N) is 2. The number of pyridine rings is 2. The molecule has 0 saturated heterocycles. The molecule has 0 spiro atoms. The van der Waals surface area contributed by atoms with Crippen LogP contribution in [0.4, 0.5) is 11.6 Å². The summed E-state index contributed by atoms with van der Waals surface area (Å²) in [5, 5.41) is 23.4. The van der Waals surface area contributed by atoms with E-state index in [1.54, 1.807) is 50.2 Å². The fourth-order valence-corrected chi connectivity index (χ4v) is 1.81. The molecule has 0 radical (unpaired) electrons. The van der Waals surface area contributed by atoms with Crippen molar-refractivity contribution in [3.8, 4) is 0 Å². The molecule has 2 rings (SSSR count). The molecule has 10 heteroatoms. The van der Waals surface area contributed by atoms with Gasteiger partial charge in [0, 0.05) is 18.0 Å². The highest BCUT2D eigenvalue weighted by Crippen LogP contribution is 2.08. The topological polar surface area (TPSA) is 124 Å². The van der Waals surface area contributed by atoms with Gasteiger partial charge in [0.2, 0.25) is 0 Å². The molecule has 134 valence electrons. The highest BCUT2D eigenvalue weighted by Gasteiger charge is 2.04. The van der Waals surface area contributed by atoms with E-state index in [9.17, 15) is 9.59 Å². The van der Waals surface area contributed by atoms with Gasteiger partial charge >= 0.3 is 14.1 Å². The molecule has 0 saturated carbocycles. The van der Waals surface area contributed by atoms with Crippen molar-refractivity contribution >= 4 is 44.4 Å². The zero-order valence-corrected chi connectivity index (χ0v) is 14.5. The van der Waals surface area contributed by atoms with Gasteiger partial charge in [0.15, 0.2) is 0 Å². The van der Waals surface area contributed by atoms with Crippen LogP contribution in [0.25, 0.3) is 6.08 Å². The number of rotatable bonds is 7. The van der Waals surface area contributed by atoms with Gasteiger partial charge < -0.3 is 20.5 Å². The van der Waals surface area contributed by atoms with Gasteiger partial charge in [-0.15, -0.1) is 0 Å². The highest BCUT2D eigenvalue weighted by atomic mass is 16.2. The fraction of sp³-hybridized carbons (Fsp3) is 0.125. The minimum absolute atomic E-state index is 0.495. The van der Waals surface area contributed by atoms with Crippen molar-refractivity contribution in [1.29, 1.82) is 0 Å². The average Bonchev–Trinajstić information content (AvgIpc) is 2.60. The summed E-state index contributed by atoms with van der Waals surface area (Å²) in [6.45, 7) is 3.19. The first-order valence-corrected chi connectivity index (χ1v) is 7.83. The summed E-state index contributed by atoms with van der Waals surface area (Å²) in [6, 6.07) is 6.68. The predicted molar refractivity (Wildman–Crippen MR) is 104 cm³/mol. The standard InChI is InChI=1S/C9H11BN2O2.C7H9BN2O2/c1-10(14)12-9-7-8(3-2-6-13)4-5-11-9;1-8(12)10-7-4-6(5-11)2-3-9-7/h2-7,14H,1H3,(H,11,12);2-5,12H,1H3,(H,9,10)/b3-2+;. The Morgan fingerprint density at radius 2 is 1.42 bits per heavy atom. The minimum Gasteiger partial charge on any atom is -0.433 e. The van der Waals surface area contributed by atoms with Crippen LogP contribution in [0.5, 0.6) is 0 Å². The molecule has 8 nitrogen and oxygen atoms in total. The van der Waals surface area contributed by atoms with Crippen LogP contribution < -0.4 is 10.5 Å². The number of carbonyl (C=O) groups is 2. The van der Waals surface area contributed by atoms with Gasteiger partial charge in [0.25, 0.3) is 0 Å². The largest absolute Gasteiger partial charge is 0.433 e. The van der Waals surface area contributed by atoms with Crippen molar-refractivity contribution in [2.45, 2.75) is 13.6 Å². The number of carbonyl (C=O) groups excluding carboxylic acids is 2. The van der Waals surface area contributed by atoms with Gasteiger partial charge in [-0.25, -0.2) is 9.97 Å². The summed E-state index contributed by atoms with van der Waals surface area (Å²) in [6.07, 6.45) is 7.63. The third-order valence-electron chi connectivity index (χ3n) is 2.78. The number of allylic oxidation sites excluding steroid dienone is 1. The highest BCUT2D eigenvalue weighted by molar-refractivity contribution is 6.53. The lowest BCUT2D eigenvalue weighted by Crippen LogP contribution is -2.20. The van der Waals surface area contributed by atoms with E-state index in [2.05, 4.69) is 20.4 Å². The van der Waals surface area contributed by atoms with E-state index in [1.165, 1.54) is 12.3 Å². The first-order valence-electron chi connectivity index (χ1n) is 7.83. The Bertz CT molecular complexity index is 742. The smallest absolute Gasteiger partial charge is 0.408 e. The summed E-state index contributed by atoms with van der Waals surface area (Å²) in [4.78, 5) is 28.3. The number of hydrogen-bond donors (Lipinski definition) is 4. The first kappa shape index (κ1) is 21.1. The normalized spacial score (nSPS) is 9.69. The van der Waals surface area contributed by atoms with Crippen molar-refractivity contribution in [3.05, 3.63) is 53.9 Å². The van der Waals surface area contributed by atoms with Gasteiger partial charge in [0.1, 0.15) is 24.2 Å². The molecule has 2 heterocycles. The molecule has 0 amide bonds. The van der Waals surface area contributed by atoms with Gasteiger partial charge in [-0.2, -0.15) is 0 Å². The molecule has 26 heavy (non-hydrogen) atoms. The Morgan fingerprint density at radius 1 is 0.923 bits per heavy atom. The van der Waals surface area contributed by atoms with Crippen LogP contribution in [-0.4, -0.2) is 46.7 Å². The van der Waals surface area contributed by atoms with E-state index < -0.39 is 14.1 Å². The fourth-order valence-electron chi connectivity index (χ4n) is 1.81. The Labute approximate surface area is 152 Å². The number of aromatic nitrogens is 2. The SMILES string of the molecule is CB(O)Nc1cc(/C=C/C=O)ccn1.CB(O)Nc1cc(C=O)ccn1. The zero-order valence-electron chi connectivity index (χ0n) is 14.5. The molecule has 0 aliphatic carbocycles. The molecule has 0 aromatic carbocycles. The maximum Gasteiger partial charge on any atom is 0.408 e. The van der Waals surface area contributed by atoms with Gasteiger partial charge in [-0.1, -0.05) is 6.08 Å². The van der Waals surface area contributed by atoms with Crippen LogP contribution in [0.15, 0.2) is 42.7 Å². The monoisotopic (exact) mass is 354 g/mol. The Morgan fingerprint density at radius 3 is 1.88 bits per heavy atom. The number of hydrogen-bond acceptors (Lipinski definition) is 8. The van der Waals surface area contributed by atoms with Crippen molar-refractivity contribution in [2.24, 2.45) is 0 Å². The quantitative estimate of drug-likeness (QED) is 0.333. The third-order valence-corrected chi connectivity index (χ3v) is 2.78. The molecule has 2 aromatic rings. The lowest BCUT2D eigenvalue weighted by atomic mass is 9.89. The van der Waals surface area contributed by atoms with E-state index in [1.807, 2.05) is 0 Å². The second kappa shape index (κ2) is 11.6. The Kier molecular flexibility index (Phi) is 9.37. The van der Waals surface area contributed by atoms with E-state index in [0.29, 0.717) is 23.5 Å². The second-order valence-corrected chi connectivity index (χ2v) is 5.20. The first-order chi connectivity index (χ1) is 12.4. The lowest BCUT2D eigenvalue weighted by molar-refractivity contribution is -0.104. The molecule has 0 fully saturated rings. The number of anilines is 2. The van der Waals surface area contributed by atoms with Crippen molar-refractivity contribution in [1.82, 2.24) is 9.97 Å². The van der Waals surface area contributed by atoms with Crippen molar-refractivity contribution < 1.29 is 19.6 Å². The summed E-state index contributed by atoms with van der Waals surface area (Å²) in [5.41, 5.74) is 1.39. The van der Waals surface area contributed by atoms with Crippen LogP contribution >= 0.6 is 0 Å². The maximum absolute atomic E-state index is 10.3. The van der Waals surface area contributed by atoms with Crippen LogP contribution in [0.3, 0.4) is 0 Å². The lowest BCUT2D eigenvalue weighted by Gasteiger charge is -2.04. The van der Waals surface area contributed by atoms with Crippen LogP contribution in [0, 0.1) is 0 Å². The molecule has 0 unspecified atom stereocenters. The molecular weight excluding hydrogens is 334 g/mol. The Hall–Kier alpha value is -2.97.